The third-order valence-electron chi connectivity index (χ3n) is 2.68. The van der Waals surface area contributed by atoms with Gasteiger partial charge >= 0.3 is 12.1 Å². The first-order valence-electron chi connectivity index (χ1n) is 7.23. The van der Waals surface area contributed by atoms with Gasteiger partial charge in [-0.1, -0.05) is 6.07 Å². The molecular weight excluding hydrogens is 304 g/mol. The van der Waals surface area contributed by atoms with Crippen molar-refractivity contribution < 1.29 is 19.4 Å². The third-order valence-corrected chi connectivity index (χ3v) is 3.66. The number of hydrogen-bond donors (Lipinski definition) is 3. The van der Waals surface area contributed by atoms with Crippen molar-refractivity contribution in [3.63, 3.8) is 0 Å². The van der Waals surface area contributed by atoms with Gasteiger partial charge in [-0.3, -0.25) is 4.79 Å². The zero-order chi connectivity index (χ0) is 16.6. The molecule has 0 saturated heterocycles. The number of hydrogen-bond acceptors (Lipinski definition) is 5. The Bertz CT molecular complexity index is 468. The fourth-order valence-corrected chi connectivity index (χ4v) is 2.61. The molecule has 0 aliphatic heterocycles. The van der Waals surface area contributed by atoms with Gasteiger partial charge < -0.3 is 20.5 Å². The monoisotopic (exact) mass is 328 g/mol. The van der Waals surface area contributed by atoms with Crippen molar-refractivity contribution in [1.29, 1.82) is 0 Å². The number of alkyl carbamates (subject to hydrolysis) is 1. The lowest BCUT2D eigenvalue weighted by Gasteiger charge is -2.20. The minimum atomic E-state index is -0.835. The van der Waals surface area contributed by atoms with Gasteiger partial charge in [-0.2, -0.15) is 0 Å². The van der Waals surface area contributed by atoms with Crippen molar-refractivity contribution in [1.82, 2.24) is 10.6 Å². The van der Waals surface area contributed by atoms with Crippen molar-refractivity contribution in [2.45, 2.75) is 45.3 Å². The first-order valence-corrected chi connectivity index (χ1v) is 8.11. The second-order valence-corrected chi connectivity index (χ2v) is 6.88. The van der Waals surface area contributed by atoms with E-state index in [2.05, 4.69) is 10.6 Å². The number of carbonyl (C=O) groups excluding carboxylic acids is 1. The molecule has 3 N–H and O–H groups in total. The molecular formula is C15H24N2O4S. The molecule has 0 bridgehead atoms. The summed E-state index contributed by atoms with van der Waals surface area (Å²) in [6, 6.07) is 3.63. The number of ether oxygens (including phenoxy) is 1. The molecule has 0 fully saturated rings. The summed E-state index contributed by atoms with van der Waals surface area (Å²) >= 11 is 1.53. The molecule has 0 spiro atoms. The SMILES string of the molecule is CC(C)(C)OC(=O)NCCCNC(CC(=O)O)c1cccs1. The maximum Gasteiger partial charge on any atom is 0.407 e. The number of rotatable bonds is 8. The fraction of sp³-hybridized carbons (Fsp3) is 0.600. The number of nitrogens with one attached hydrogen (secondary N) is 2. The van der Waals surface area contributed by atoms with Crippen LogP contribution in [0.4, 0.5) is 4.79 Å². The van der Waals surface area contributed by atoms with Gasteiger partial charge in [0.15, 0.2) is 0 Å². The van der Waals surface area contributed by atoms with Crippen LogP contribution >= 0.6 is 11.3 Å². The molecule has 1 rings (SSSR count). The largest absolute Gasteiger partial charge is 0.481 e. The van der Waals surface area contributed by atoms with Crippen LogP contribution in [-0.4, -0.2) is 35.9 Å². The Labute approximate surface area is 134 Å². The van der Waals surface area contributed by atoms with Crippen LogP contribution in [-0.2, 0) is 9.53 Å². The molecule has 1 aromatic heterocycles. The van der Waals surface area contributed by atoms with Crippen LogP contribution < -0.4 is 10.6 Å². The Balaban J connectivity index is 2.26. The molecule has 1 unspecified atom stereocenters. The van der Waals surface area contributed by atoms with Crippen LogP contribution in [0.2, 0.25) is 0 Å². The van der Waals surface area contributed by atoms with Crippen molar-refractivity contribution in [2.75, 3.05) is 13.1 Å². The number of carbonyl (C=O) groups is 2. The van der Waals surface area contributed by atoms with Gasteiger partial charge in [0.1, 0.15) is 5.60 Å². The number of aliphatic carboxylic acids is 1. The summed E-state index contributed by atoms with van der Waals surface area (Å²) in [5, 5.41) is 16.8. The summed E-state index contributed by atoms with van der Waals surface area (Å²) in [4.78, 5) is 23.4. The summed E-state index contributed by atoms with van der Waals surface area (Å²) in [7, 11) is 0. The average molecular weight is 328 g/mol. The quantitative estimate of drug-likeness (QED) is 0.639. The predicted molar refractivity (Wildman–Crippen MR) is 86.2 cm³/mol. The Kier molecular flexibility index (Phi) is 7.34. The number of carboxylic acids is 1. The zero-order valence-corrected chi connectivity index (χ0v) is 14.0. The van der Waals surface area contributed by atoms with E-state index in [1.807, 2.05) is 38.3 Å². The Morgan fingerprint density at radius 3 is 2.64 bits per heavy atom. The van der Waals surface area contributed by atoms with E-state index in [-0.39, 0.29) is 12.5 Å². The summed E-state index contributed by atoms with van der Waals surface area (Å²) in [5.41, 5.74) is -0.506. The molecule has 7 heteroatoms. The highest BCUT2D eigenvalue weighted by atomic mass is 32.1. The number of thiophene rings is 1. The molecule has 124 valence electrons. The first kappa shape index (κ1) is 18.4. The standard InChI is InChI=1S/C15H24N2O4S/c1-15(2,3)21-14(20)17-8-5-7-16-11(10-13(18)19)12-6-4-9-22-12/h4,6,9,11,16H,5,7-8,10H2,1-3H3,(H,17,20)(H,18,19). The predicted octanol–water partition coefficient (Wildman–Crippen LogP) is 2.77. The number of carboxylic acid groups (broad SMARTS) is 1. The zero-order valence-electron chi connectivity index (χ0n) is 13.2. The lowest BCUT2D eigenvalue weighted by Crippen LogP contribution is -2.34. The second-order valence-electron chi connectivity index (χ2n) is 5.90. The van der Waals surface area contributed by atoms with E-state index in [1.165, 1.54) is 11.3 Å². The molecule has 0 aliphatic rings. The summed E-state index contributed by atoms with van der Waals surface area (Å²) < 4.78 is 5.13. The van der Waals surface area contributed by atoms with E-state index in [1.54, 1.807) is 0 Å². The molecule has 0 radical (unpaired) electrons. The van der Waals surface area contributed by atoms with E-state index < -0.39 is 17.7 Å². The van der Waals surface area contributed by atoms with Crippen LogP contribution in [0.15, 0.2) is 17.5 Å². The van der Waals surface area contributed by atoms with E-state index in [0.29, 0.717) is 19.5 Å². The Morgan fingerprint density at radius 1 is 1.36 bits per heavy atom. The van der Waals surface area contributed by atoms with Crippen LogP contribution in [0.25, 0.3) is 0 Å². The molecule has 1 amide bonds. The van der Waals surface area contributed by atoms with Crippen LogP contribution in [0.3, 0.4) is 0 Å². The maximum absolute atomic E-state index is 11.5. The summed E-state index contributed by atoms with van der Waals surface area (Å²) in [6.07, 6.45) is 0.300. The van der Waals surface area contributed by atoms with Crippen LogP contribution in [0, 0.1) is 0 Å². The van der Waals surface area contributed by atoms with Gasteiger partial charge in [-0.05, 0) is 45.2 Å². The minimum absolute atomic E-state index is 0.0417. The summed E-state index contributed by atoms with van der Waals surface area (Å²) in [5.74, 6) is -0.835. The molecule has 0 aromatic carbocycles. The molecule has 22 heavy (non-hydrogen) atoms. The first-order chi connectivity index (χ1) is 10.3. The van der Waals surface area contributed by atoms with Gasteiger partial charge in [0.2, 0.25) is 0 Å². The van der Waals surface area contributed by atoms with Gasteiger partial charge in [0.25, 0.3) is 0 Å². The van der Waals surface area contributed by atoms with Gasteiger partial charge in [0, 0.05) is 11.4 Å². The molecule has 1 heterocycles. The lowest BCUT2D eigenvalue weighted by atomic mass is 10.1. The van der Waals surface area contributed by atoms with Crippen LogP contribution in [0.5, 0.6) is 0 Å². The Morgan fingerprint density at radius 2 is 2.09 bits per heavy atom. The normalized spacial score (nSPS) is 12.7. The van der Waals surface area contributed by atoms with Gasteiger partial charge in [-0.15, -0.1) is 11.3 Å². The van der Waals surface area contributed by atoms with Crippen molar-refractivity contribution >= 4 is 23.4 Å². The van der Waals surface area contributed by atoms with Crippen molar-refractivity contribution in [3.8, 4) is 0 Å². The molecule has 1 aromatic rings. The second kappa shape index (κ2) is 8.75. The molecule has 0 aliphatic carbocycles. The third kappa shape index (κ3) is 7.99. The highest BCUT2D eigenvalue weighted by Crippen LogP contribution is 2.21. The topological polar surface area (TPSA) is 87.7 Å². The van der Waals surface area contributed by atoms with E-state index in [9.17, 15) is 9.59 Å². The van der Waals surface area contributed by atoms with Gasteiger partial charge in [0.05, 0.1) is 12.5 Å². The lowest BCUT2D eigenvalue weighted by molar-refractivity contribution is -0.137. The highest BCUT2D eigenvalue weighted by molar-refractivity contribution is 7.10. The average Bonchev–Trinajstić information content (AvgIpc) is 2.88. The van der Waals surface area contributed by atoms with E-state index in [0.717, 1.165) is 4.88 Å². The molecule has 6 nitrogen and oxygen atoms in total. The summed E-state index contributed by atoms with van der Waals surface area (Å²) in [6.45, 7) is 6.53. The smallest absolute Gasteiger partial charge is 0.407 e. The molecule has 0 saturated carbocycles. The fourth-order valence-electron chi connectivity index (χ4n) is 1.81. The van der Waals surface area contributed by atoms with E-state index >= 15 is 0 Å². The van der Waals surface area contributed by atoms with Crippen molar-refractivity contribution in [3.05, 3.63) is 22.4 Å². The van der Waals surface area contributed by atoms with Crippen molar-refractivity contribution in [2.24, 2.45) is 0 Å². The van der Waals surface area contributed by atoms with Crippen LogP contribution in [0.1, 0.15) is 44.5 Å². The minimum Gasteiger partial charge on any atom is -0.481 e. The van der Waals surface area contributed by atoms with Gasteiger partial charge in [-0.25, -0.2) is 4.79 Å². The molecule has 1 atom stereocenters. The maximum atomic E-state index is 11.5. The Hall–Kier alpha value is -1.60. The number of amides is 1. The highest BCUT2D eigenvalue weighted by Gasteiger charge is 2.17. The van der Waals surface area contributed by atoms with E-state index in [4.69, 9.17) is 9.84 Å².